The molecule has 2 saturated heterocycles. The van der Waals surface area contributed by atoms with Crippen molar-refractivity contribution in [2.24, 2.45) is 0 Å². The largest absolute Gasteiger partial charge is 0.489 e. The normalized spacial score (nSPS) is 15.8. The van der Waals surface area contributed by atoms with Crippen molar-refractivity contribution in [2.45, 2.75) is 78.2 Å². The van der Waals surface area contributed by atoms with Crippen LogP contribution in [0.15, 0.2) is 67.0 Å². The summed E-state index contributed by atoms with van der Waals surface area (Å²) < 4.78 is 19.1. The Morgan fingerprint density at radius 1 is 0.800 bits per heavy atom. The molecule has 7 nitrogen and oxygen atoms in total. The summed E-state index contributed by atoms with van der Waals surface area (Å²) in [6.07, 6.45) is 10.5. The molecule has 3 aromatic carbocycles. The SMILES string of the molecule is Cc1c(COc2cc(OCc3cncc(C#N)c3)c(CN3CCCCC3)cc2Cl)cccc1-c1cccc(O[C@H](C)CCN2CCCC2)c1Cl. The first kappa shape index (κ1) is 36.0. The Balaban J connectivity index is 1.18. The van der Waals surface area contributed by atoms with E-state index in [-0.39, 0.29) is 12.7 Å². The number of nitrogens with zero attached hydrogens (tertiary/aromatic N) is 4. The summed E-state index contributed by atoms with van der Waals surface area (Å²) in [6.45, 7) is 11.1. The number of likely N-dealkylation sites (tertiary alicyclic amines) is 2. The number of hydrogen-bond acceptors (Lipinski definition) is 7. The minimum Gasteiger partial charge on any atom is -0.489 e. The van der Waals surface area contributed by atoms with Crippen molar-refractivity contribution in [3.63, 3.8) is 0 Å². The molecule has 262 valence electrons. The van der Waals surface area contributed by atoms with Crippen molar-refractivity contribution < 1.29 is 14.2 Å². The van der Waals surface area contributed by atoms with Gasteiger partial charge in [-0.3, -0.25) is 9.88 Å². The molecule has 1 atom stereocenters. The lowest BCUT2D eigenvalue weighted by Gasteiger charge is -2.27. The smallest absolute Gasteiger partial charge is 0.142 e. The van der Waals surface area contributed by atoms with Gasteiger partial charge in [0.15, 0.2) is 0 Å². The molecule has 0 spiro atoms. The number of aromatic nitrogens is 1. The minimum atomic E-state index is 0.0634. The molecule has 50 heavy (non-hydrogen) atoms. The predicted octanol–water partition coefficient (Wildman–Crippen LogP) is 9.63. The zero-order valence-electron chi connectivity index (χ0n) is 29.1. The van der Waals surface area contributed by atoms with Crippen LogP contribution in [0.5, 0.6) is 17.2 Å². The van der Waals surface area contributed by atoms with Crippen LogP contribution in [0.3, 0.4) is 0 Å². The molecule has 2 aliphatic heterocycles. The van der Waals surface area contributed by atoms with Gasteiger partial charge in [0.2, 0.25) is 0 Å². The van der Waals surface area contributed by atoms with Crippen molar-refractivity contribution in [1.82, 2.24) is 14.8 Å². The van der Waals surface area contributed by atoms with E-state index in [2.05, 4.69) is 46.8 Å². The van der Waals surface area contributed by atoms with Gasteiger partial charge < -0.3 is 19.1 Å². The van der Waals surface area contributed by atoms with Gasteiger partial charge in [-0.2, -0.15) is 5.26 Å². The van der Waals surface area contributed by atoms with Crippen LogP contribution in [0.4, 0.5) is 0 Å². The average Bonchev–Trinajstić information content (AvgIpc) is 3.66. The van der Waals surface area contributed by atoms with E-state index in [9.17, 15) is 5.26 Å². The molecule has 0 amide bonds. The second kappa shape index (κ2) is 17.4. The van der Waals surface area contributed by atoms with Crippen LogP contribution in [0.1, 0.15) is 73.3 Å². The lowest BCUT2D eigenvalue weighted by molar-refractivity contribution is 0.187. The molecule has 4 aromatic rings. The Hall–Kier alpha value is -3.80. The first-order valence-corrected chi connectivity index (χ1v) is 18.5. The summed E-state index contributed by atoms with van der Waals surface area (Å²) in [6, 6.07) is 20.0. The third kappa shape index (κ3) is 9.30. The Morgan fingerprint density at radius 3 is 2.32 bits per heavy atom. The number of pyridine rings is 1. The highest BCUT2D eigenvalue weighted by molar-refractivity contribution is 6.35. The lowest BCUT2D eigenvalue weighted by Crippen LogP contribution is -2.29. The van der Waals surface area contributed by atoms with Gasteiger partial charge in [0, 0.05) is 48.2 Å². The highest BCUT2D eigenvalue weighted by Crippen LogP contribution is 2.39. The summed E-state index contributed by atoms with van der Waals surface area (Å²) >= 11 is 13.9. The summed E-state index contributed by atoms with van der Waals surface area (Å²) in [7, 11) is 0. The molecular formula is C41H46Cl2N4O3. The van der Waals surface area contributed by atoms with Crippen LogP contribution in [0.2, 0.25) is 10.0 Å². The zero-order chi connectivity index (χ0) is 34.9. The van der Waals surface area contributed by atoms with E-state index in [1.165, 1.54) is 45.2 Å². The van der Waals surface area contributed by atoms with Crippen molar-refractivity contribution >= 4 is 23.2 Å². The fourth-order valence-corrected chi connectivity index (χ4v) is 7.35. The number of halogens is 2. The van der Waals surface area contributed by atoms with Gasteiger partial charge in [-0.1, -0.05) is 60.0 Å². The topological polar surface area (TPSA) is 70.8 Å². The summed E-state index contributed by atoms with van der Waals surface area (Å²) in [5.74, 6) is 1.97. The monoisotopic (exact) mass is 712 g/mol. The van der Waals surface area contributed by atoms with Crippen molar-refractivity contribution in [2.75, 3.05) is 32.7 Å². The molecular weight excluding hydrogens is 667 g/mol. The summed E-state index contributed by atoms with van der Waals surface area (Å²) in [4.78, 5) is 9.13. The molecule has 6 rings (SSSR count). The zero-order valence-corrected chi connectivity index (χ0v) is 30.6. The van der Waals surface area contributed by atoms with E-state index < -0.39 is 0 Å². The van der Waals surface area contributed by atoms with Gasteiger partial charge >= 0.3 is 0 Å². The van der Waals surface area contributed by atoms with E-state index in [0.29, 0.717) is 39.5 Å². The van der Waals surface area contributed by atoms with Crippen LogP contribution in [-0.2, 0) is 19.8 Å². The molecule has 0 radical (unpaired) electrons. The van der Waals surface area contributed by atoms with E-state index in [0.717, 1.165) is 66.0 Å². The van der Waals surface area contributed by atoms with Crippen molar-refractivity contribution in [1.29, 1.82) is 5.26 Å². The molecule has 0 bridgehead atoms. The van der Waals surface area contributed by atoms with Crippen molar-refractivity contribution in [3.8, 4) is 34.4 Å². The predicted molar refractivity (Wildman–Crippen MR) is 200 cm³/mol. The number of hydrogen-bond donors (Lipinski definition) is 0. The number of nitriles is 1. The minimum absolute atomic E-state index is 0.0634. The average molecular weight is 714 g/mol. The van der Waals surface area contributed by atoms with E-state index in [1.807, 2.05) is 36.4 Å². The number of benzene rings is 3. The lowest BCUT2D eigenvalue weighted by atomic mass is 9.96. The van der Waals surface area contributed by atoms with Gasteiger partial charge in [0.1, 0.15) is 36.5 Å². The van der Waals surface area contributed by atoms with Crippen molar-refractivity contribution in [3.05, 3.63) is 105 Å². The van der Waals surface area contributed by atoms with Crippen LogP contribution in [-0.4, -0.2) is 53.6 Å². The second-order valence-corrected chi connectivity index (χ2v) is 14.3. The van der Waals surface area contributed by atoms with Crippen LogP contribution in [0.25, 0.3) is 11.1 Å². The van der Waals surface area contributed by atoms with Gasteiger partial charge in [-0.05, 0) is 107 Å². The molecule has 2 fully saturated rings. The third-order valence-corrected chi connectivity index (χ3v) is 10.4. The molecule has 1 aromatic heterocycles. The third-order valence-electron chi connectivity index (χ3n) is 9.74. The maximum Gasteiger partial charge on any atom is 0.142 e. The van der Waals surface area contributed by atoms with Crippen LogP contribution in [0, 0.1) is 18.3 Å². The molecule has 0 N–H and O–H groups in total. The van der Waals surface area contributed by atoms with Crippen LogP contribution < -0.4 is 14.2 Å². The maximum atomic E-state index is 9.32. The molecule has 3 heterocycles. The first-order chi connectivity index (χ1) is 24.4. The fraction of sp³-hybridized carbons (Fsp3) is 0.415. The Morgan fingerprint density at radius 2 is 1.52 bits per heavy atom. The molecule has 0 saturated carbocycles. The summed E-state index contributed by atoms with van der Waals surface area (Å²) in [5, 5.41) is 10.5. The van der Waals surface area contributed by atoms with Gasteiger partial charge in [-0.15, -0.1) is 0 Å². The molecule has 9 heteroatoms. The van der Waals surface area contributed by atoms with Crippen LogP contribution >= 0.6 is 23.2 Å². The highest BCUT2D eigenvalue weighted by atomic mass is 35.5. The Bertz CT molecular complexity index is 1800. The number of rotatable bonds is 14. The van der Waals surface area contributed by atoms with Gasteiger partial charge in [-0.25, -0.2) is 0 Å². The second-order valence-electron chi connectivity index (χ2n) is 13.5. The van der Waals surface area contributed by atoms with E-state index >= 15 is 0 Å². The standard InChI is InChI=1S/C41H46Cl2N4O3/c1-29(14-19-46-15-6-7-16-46)50-38-13-9-12-36(41(38)43)35-11-8-10-33(30(35)2)28-49-40-22-39(48-27-32-20-31(23-44)24-45-25-32)34(21-37(40)42)26-47-17-4-3-5-18-47/h8-13,20-22,24-25,29H,3-7,14-19,26-28H2,1-2H3/t29-/m1/s1. The Kier molecular flexibility index (Phi) is 12.5. The molecule has 0 unspecified atom stereocenters. The van der Waals surface area contributed by atoms with Gasteiger partial charge in [0.25, 0.3) is 0 Å². The molecule has 0 aliphatic carbocycles. The summed E-state index contributed by atoms with van der Waals surface area (Å²) in [5.41, 5.74) is 6.40. The quantitative estimate of drug-likeness (QED) is 0.129. The van der Waals surface area contributed by atoms with Gasteiger partial charge in [0.05, 0.1) is 21.7 Å². The fourth-order valence-electron chi connectivity index (χ4n) is 6.83. The number of ether oxygens (including phenoxy) is 3. The molecule has 2 aliphatic rings. The van der Waals surface area contributed by atoms with E-state index in [4.69, 9.17) is 37.4 Å². The highest BCUT2D eigenvalue weighted by Gasteiger charge is 2.19. The maximum absolute atomic E-state index is 9.32. The number of piperidine rings is 1. The Labute approximate surface area is 306 Å². The first-order valence-electron chi connectivity index (χ1n) is 17.8. The van der Waals surface area contributed by atoms with E-state index in [1.54, 1.807) is 18.5 Å².